The normalized spacial score (nSPS) is 16.9. The van der Waals surface area contributed by atoms with Crippen LogP contribution in [0.15, 0.2) is 89.5 Å². The van der Waals surface area contributed by atoms with Gasteiger partial charge in [0.15, 0.2) is 0 Å². The van der Waals surface area contributed by atoms with Crippen molar-refractivity contribution in [2.45, 2.75) is 18.6 Å². The molecule has 33 heavy (non-hydrogen) atoms. The van der Waals surface area contributed by atoms with E-state index in [2.05, 4.69) is 5.32 Å². The van der Waals surface area contributed by atoms with Crippen LogP contribution >= 0.6 is 23.4 Å². The average molecular weight is 474 g/mol. The highest BCUT2D eigenvalue weighted by Crippen LogP contribution is 2.42. The minimum absolute atomic E-state index is 0.112. The van der Waals surface area contributed by atoms with Crippen LogP contribution < -0.4 is 10.2 Å². The molecule has 1 atom stereocenters. The molecule has 7 heteroatoms. The molecule has 1 fully saturated rings. The van der Waals surface area contributed by atoms with Crippen molar-refractivity contribution in [3.63, 3.8) is 0 Å². The van der Waals surface area contributed by atoms with Gasteiger partial charge in [-0.1, -0.05) is 71.4 Å². The molecule has 0 aromatic heterocycles. The first-order chi connectivity index (χ1) is 16.0. The third kappa shape index (κ3) is 5.11. The average Bonchev–Trinajstić information content (AvgIpc) is 3.12. The van der Waals surface area contributed by atoms with Gasteiger partial charge in [-0.3, -0.25) is 14.5 Å². The van der Waals surface area contributed by atoms with Crippen LogP contribution in [0.4, 0.5) is 11.4 Å². The van der Waals surface area contributed by atoms with Crippen molar-refractivity contribution in [1.29, 1.82) is 5.26 Å². The van der Waals surface area contributed by atoms with Gasteiger partial charge in [-0.05, 0) is 55.3 Å². The van der Waals surface area contributed by atoms with Gasteiger partial charge in [0.1, 0.15) is 16.7 Å². The smallest absolute Gasteiger partial charge is 0.269 e. The Morgan fingerprint density at radius 3 is 2.36 bits per heavy atom. The Labute approximate surface area is 201 Å². The van der Waals surface area contributed by atoms with E-state index in [4.69, 9.17) is 11.6 Å². The predicted octanol–water partition coefficient (Wildman–Crippen LogP) is 5.71. The zero-order valence-electron chi connectivity index (χ0n) is 17.8. The lowest BCUT2D eigenvalue weighted by Crippen LogP contribution is -2.30. The van der Waals surface area contributed by atoms with Gasteiger partial charge in [0.2, 0.25) is 5.91 Å². The molecule has 0 radical (unpaired) electrons. The number of thioether (sulfide) groups is 1. The largest absolute Gasteiger partial charge is 0.321 e. The number of nitrogens with zero attached hydrogens (tertiary/aromatic N) is 2. The molecule has 164 valence electrons. The number of benzene rings is 3. The number of nitrogens with one attached hydrogen (secondary N) is 1. The quantitative estimate of drug-likeness (QED) is 0.380. The van der Waals surface area contributed by atoms with E-state index in [1.54, 1.807) is 24.3 Å². The molecule has 1 heterocycles. The summed E-state index contributed by atoms with van der Waals surface area (Å²) < 4.78 is 0. The Hall–Kier alpha value is -3.53. The Bertz CT molecular complexity index is 1250. The number of hydrogen-bond donors (Lipinski definition) is 1. The van der Waals surface area contributed by atoms with Crippen LogP contribution in [-0.4, -0.2) is 17.1 Å². The lowest BCUT2D eigenvalue weighted by molar-refractivity contribution is -0.117. The second kappa shape index (κ2) is 9.95. The van der Waals surface area contributed by atoms with Crippen molar-refractivity contribution in [3.8, 4) is 6.07 Å². The predicted molar refractivity (Wildman–Crippen MR) is 133 cm³/mol. The van der Waals surface area contributed by atoms with Gasteiger partial charge < -0.3 is 5.32 Å². The number of carbonyl (C=O) groups excluding carboxylic acids is 2. The summed E-state index contributed by atoms with van der Waals surface area (Å²) in [4.78, 5) is 28.0. The summed E-state index contributed by atoms with van der Waals surface area (Å²) in [6.45, 7) is 1.96. The molecule has 1 N–H and O–H groups in total. The standard InChI is InChI=1S/C26H20ClN3O2S/c1-17-7-13-21(14-8-17)30-25(32)23(15-18-5-3-2-4-6-18)33-26(30)22(16-28)24(31)29-20-11-9-19(27)10-12-20/h2-14,23H,15H2,1H3,(H,29,31)/b26-22-/t23-/m1/s1. The van der Waals surface area contributed by atoms with Crippen molar-refractivity contribution in [3.05, 3.63) is 106 Å². The molecule has 2 amide bonds. The van der Waals surface area contributed by atoms with E-state index in [0.29, 0.717) is 27.8 Å². The third-order valence-electron chi connectivity index (χ3n) is 5.16. The van der Waals surface area contributed by atoms with Crippen LogP contribution in [0.3, 0.4) is 0 Å². The molecule has 4 rings (SSSR count). The van der Waals surface area contributed by atoms with Crippen LogP contribution in [0, 0.1) is 18.3 Å². The molecular formula is C26H20ClN3O2S. The fraction of sp³-hybridized carbons (Fsp3) is 0.115. The first-order valence-electron chi connectivity index (χ1n) is 10.3. The number of halogens is 1. The van der Waals surface area contributed by atoms with Gasteiger partial charge >= 0.3 is 0 Å². The van der Waals surface area contributed by atoms with Crippen LogP contribution in [0.5, 0.6) is 0 Å². The SMILES string of the molecule is Cc1ccc(N2C(=O)[C@@H](Cc3ccccc3)S/C2=C(/C#N)C(=O)Nc2ccc(Cl)cc2)cc1. The lowest BCUT2D eigenvalue weighted by atomic mass is 10.1. The highest BCUT2D eigenvalue weighted by Gasteiger charge is 2.40. The second-order valence-electron chi connectivity index (χ2n) is 7.56. The maximum absolute atomic E-state index is 13.5. The number of aryl methyl sites for hydroxylation is 1. The van der Waals surface area contributed by atoms with Gasteiger partial charge in [0, 0.05) is 16.4 Å². The molecule has 0 bridgehead atoms. The maximum Gasteiger partial charge on any atom is 0.269 e. The first-order valence-corrected chi connectivity index (χ1v) is 11.5. The number of nitriles is 1. The number of rotatable bonds is 5. The fourth-order valence-corrected chi connectivity index (χ4v) is 4.91. The summed E-state index contributed by atoms with van der Waals surface area (Å²) in [6, 6.07) is 25.8. The molecule has 1 aliphatic heterocycles. The lowest BCUT2D eigenvalue weighted by Gasteiger charge is -2.19. The maximum atomic E-state index is 13.5. The van der Waals surface area contributed by atoms with Gasteiger partial charge in [0.25, 0.3) is 5.91 Å². The van der Waals surface area contributed by atoms with Crippen LogP contribution in [0.25, 0.3) is 0 Å². The molecule has 1 aliphatic rings. The molecule has 0 saturated carbocycles. The number of amides is 2. The van der Waals surface area contributed by atoms with Crippen LogP contribution in [0.2, 0.25) is 5.02 Å². The molecule has 3 aromatic rings. The van der Waals surface area contributed by atoms with Crippen molar-refractivity contribution in [2.75, 3.05) is 10.2 Å². The fourth-order valence-electron chi connectivity index (χ4n) is 3.47. The molecular weight excluding hydrogens is 454 g/mol. The summed E-state index contributed by atoms with van der Waals surface area (Å²) in [6.07, 6.45) is 0.494. The molecule has 5 nitrogen and oxygen atoms in total. The van der Waals surface area contributed by atoms with Crippen LogP contribution in [0.1, 0.15) is 11.1 Å². The Morgan fingerprint density at radius 2 is 1.73 bits per heavy atom. The summed E-state index contributed by atoms with van der Waals surface area (Å²) in [5.74, 6) is -0.734. The summed E-state index contributed by atoms with van der Waals surface area (Å²) in [7, 11) is 0. The van der Waals surface area contributed by atoms with E-state index in [0.717, 1.165) is 11.1 Å². The van der Waals surface area contributed by atoms with Gasteiger partial charge in [-0.25, -0.2) is 0 Å². The minimum Gasteiger partial charge on any atom is -0.321 e. The van der Waals surface area contributed by atoms with Gasteiger partial charge in [-0.15, -0.1) is 0 Å². The van der Waals surface area contributed by atoms with Crippen molar-refractivity contribution in [2.24, 2.45) is 0 Å². The number of hydrogen-bond acceptors (Lipinski definition) is 4. The van der Waals surface area contributed by atoms with Gasteiger partial charge in [-0.2, -0.15) is 5.26 Å². The summed E-state index contributed by atoms with van der Waals surface area (Å²) in [5, 5.41) is 13.1. The zero-order chi connectivity index (χ0) is 23.4. The zero-order valence-corrected chi connectivity index (χ0v) is 19.4. The van der Waals surface area contributed by atoms with E-state index in [9.17, 15) is 14.9 Å². The Kier molecular flexibility index (Phi) is 6.83. The van der Waals surface area contributed by atoms with E-state index in [-0.39, 0.29) is 11.5 Å². The monoisotopic (exact) mass is 473 g/mol. The minimum atomic E-state index is -0.576. The summed E-state index contributed by atoms with van der Waals surface area (Å²) in [5.41, 5.74) is 3.08. The van der Waals surface area contributed by atoms with Crippen molar-refractivity contribution < 1.29 is 9.59 Å². The number of carbonyl (C=O) groups is 2. The highest BCUT2D eigenvalue weighted by atomic mass is 35.5. The molecule has 0 aliphatic carbocycles. The molecule has 3 aromatic carbocycles. The Balaban J connectivity index is 1.72. The topological polar surface area (TPSA) is 73.2 Å². The first kappa shape index (κ1) is 22.7. The van der Waals surface area contributed by atoms with E-state index in [1.165, 1.54) is 16.7 Å². The molecule has 0 spiro atoms. The van der Waals surface area contributed by atoms with E-state index in [1.807, 2.05) is 67.6 Å². The Morgan fingerprint density at radius 1 is 1.06 bits per heavy atom. The van der Waals surface area contributed by atoms with Crippen molar-refractivity contribution >= 4 is 46.6 Å². The highest BCUT2D eigenvalue weighted by molar-refractivity contribution is 8.05. The molecule has 0 unspecified atom stereocenters. The van der Waals surface area contributed by atoms with Crippen LogP contribution in [-0.2, 0) is 16.0 Å². The second-order valence-corrected chi connectivity index (χ2v) is 9.19. The van der Waals surface area contributed by atoms with Gasteiger partial charge in [0.05, 0.1) is 5.25 Å². The third-order valence-corrected chi connectivity index (χ3v) is 6.68. The van der Waals surface area contributed by atoms with E-state index >= 15 is 0 Å². The molecule has 1 saturated heterocycles. The van der Waals surface area contributed by atoms with E-state index < -0.39 is 11.2 Å². The number of anilines is 2. The van der Waals surface area contributed by atoms with Crippen molar-refractivity contribution in [1.82, 2.24) is 0 Å². The summed E-state index contributed by atoms with van der Waals surface area (Å²) >= 11 is 7.16.